The third kappa shape index (κ3) is 3.51. The Bertz CT molecular complexity index is 438. The van der Waals surface area contributed by atoms with Crippen molar-refractivity contribution in [1.29, 1.82) is 0 Å². The maximum absolute atomic E-state index is 13.8. The standard InChI is InChI=1S/C16H24ClFN2/c1-3-20-9-5-4-6-13(11-19-2)16(20)12-7-8-14(17)15(18)10-12/h7-8,10,13,16,19H,3-6,9,11H2,1-2H3. The first-order valence-electron chi connectivity index (χ1n) is 7.51. The monoisotopic (exact) mass is 298 g/mol. The van der Waals surface area contributed by atoms with Crippen molar-refractivity contribution < 1.29 is 4.39 Å². The highest BCUT2D eigenvalue weighted by atomic mass is 35.5. The molecule has 1 aromatic carbocycles. The summed E-state index contributed by atoms with van der Waals surface area (Å²) in [6.07, 6.45) is 3.66. The fraction of sp³-hybridized carbons (Fsp3) is 0.625. The normalized spacial score (nSPS) is 24.6. The van der Waals surface area contributed by atoms with Crippen LogP contribution in [0.1, 0.15) is 37.8 Å². The molecule has 0 spiro atoms. The molecule has 2 unspecified atom stereocenters. The highest BCUT2D eigenvalue weighted by molar-refractivity contribution is 6.30. The summed E-state index contributed by atoms with van der Waals surface area (Å²) < 4.78 is 13.8. The summed E-state index contributed by atoms with van der Waals surface area (Å²) in [6.45, 7) is 5.23. The summed E-state index contributed by atoms with van der Waals surface area (Å²) in [5, 5.41) is 3.49. The van der Waals surface area contributed by atoms with Crippen LogP contribution in [0.5, 0.6) is 0 Å². The van der Waals surface area contributed by atoms with Gasteiger partial charge in [0.05, 0.1) is 5.02 Å². The van der Waals surface area contributed by atoms with Gasteiger partial charge >= 0.3 is 0 Å². The van der Waals surface area contributed by atoms with Crippen LogP contribution in [0, 0.1) is 11.7 Å². The molecule has 2 nitrogen and oxygen atoms in total. The van der Waals surface area contributed by atoms with E-state index in [1.807, 2.05) is 13.1 Å². The molecule has 0 amide bonds. The van der Waals surface area contributed by atoms with Crippen molar-refractivity contribution in [3.63, 3.8) is 0 Å². The van der Waals surface area contributed by atoms with Crippen LogP contribution in [0.4, 0.5) is 4.39 Å². The van der Waals surface area contributed by atoms with Crippen LogP contribution in [-0.2, 0) is 0 Å². The van der Waals surface area contributed by atoms with Gasteiger partial charge in [0, 0.05) is 6.04 Å². The Balaban J connectivity index is 2.34. The van der Waals surface area contributed by atoms with Gasteiger partial charge in [0.2, 0.25) is 0 Å². The minimum Gasteiger partial charge on any atom is -0.319 e. The van der Waals surface area contributed by atoms with Gasteiger partial charge in [-0.1, -0.05) is 31.0 Å². The van der Waals surface area contributed by atoms with E-state index in [9.17, 15) is 4.39 Å². The van der Waals surface area contributed by atoms with E-state index in [1.165, 1.54) is 19.3 Å². The van der Waals surface area contributed by atoms with Gasteiger partial charge < -0.3 is 5.32 Å². The average Bonchev–Trinajstić information content (AvgIpc) is 2.64. The zero-order chi connectivity index (χ0) is 14.5. The smallest absolute Gasteiger partial charge is 0.142 e. The molecule has 112 valence electrons. The Morgan fingerprint density at radius 2 is 2.20 bits per heavy atom. The molecule has 1 aromatic rings. The maximum atomic E-state index is 13.8. The van der Waals surface area contributed by atoms with E-state index in [1.54, 1.807) is 12.1 Å². The minimum absolute atomic E-state index is 0.204. The van der Waals surface area contributed by atoms with Crippen molar-refractivity contribution in [2.24, 2.45) is 5.92 Å². The van der Waals surface area contributed by atoms with Gasteiger partial charge in [-0.05, 0) is 63.1 Å². The average molecular weight is 299 g/mol. The Morgan fingerprint density at radius 1 is 1.40 bits per heavy atom. The molecule has 1 saturated heterocycles. The van der Waals surface area contributed by atoms with Crippen molar-refractivity contribution in [3.05, 3.63) is 34.6 Å². The lowest BCUT2D eigenvalue weighted by atomic mass is 9.89. The summed E-state index contributed by atoms with van der Waals surface area (Å²) in [7, 11) is 1.99. The zero-order valence-corrected chi connectivity index (χ0v) is 13.1. The van der Waals surface area contributed by atoms with E-state index in [2.05, 4.69) is 17.1 Å². The van der Waals surface area contributed by atoms with Crippen LogP contribution in [0.3, 0.4) is 0 Å². The number of rotatable bonds is 4. The van der Waals surface area contributed by atoms with E-state index in [4.69, 9.17) is 11.6 Å². The molecule has 20 heavy (non-hydrogen) atoms. The molecule has 2 rings (SSSR count). The highest BCUT2D eigenvalue weighted by Crippen LogP contribution is 2.35. The number of nitrogens with one attached hydrogen (secondary N) is 1. The van der Waals surface area contributed by atoms with Crippen LogP contribution in [0.2, 0.25) is 5.02 Å². The minimum atomic E-state index is -0.312. The third-order valence-electron chi connectivity index (χ3n) is 4.27. The number of benzene rings is 1. The van der Waals surface area contributed by atoms with Gasteiger partial charge in [-0.15, -0.1) is 0 Å². The lowest BCUT2D eigenvalue weighted by molar-refractivity contribution is 0.162. The lowest BCUT2D eigenvalue weighted by Gasteiger charge is -2.35. The van der Waals surface area contributed by atoms with E-state index >= 15 is 0 Å². The SMILES string of the molecule is CCN1CCCCC(CNC)C1c1ccc(Cl)c(F)c1. The van der Waals surface area contributed by atoms with Crippen LogP contribution < -0.4 is 5.32 Å². The first-order valence-corrected chi connectivity index (χ1v) is 7.88. The van der Waals surface area contributed by atoms with Crippen molar-refractivity contribution >= 4 is 11.6 Å². The van der Waals surface area contributed by atoms with E-state index < -0.39 is 0 Å². The van der Waals surface area contributed by atoms with Crippen LogP contribution in [-0.4, -0.2) is 31.6 Å². The fourth-order valence-electron chi connectivity index (χ4n) is 3.33. The van der Waals surface area contributed by atoms with Crippen molar-refractivity contribution in [3.8, 4) is 0 Å². The van der Waals surface area contributed by atoms with E-state index in [0.717, 1.165) is 25.2 Å². The molecule has 1 heterocycles. The topological polar surface area (TPSA) is 15.3 Å². The molecule has 0 bridgehead atoms. The fourth-order valence-corrected chi connectivity index (χ4v) is 3.44. The van der Waals surface area contributed by atoms with Gasteiger partial charge in [0.25, 0.3) is 0 Å². The second kappa shape index (κ2) is 7.39. The summed E-state index contributed by atoms with van der Waals surface area (Å²) in [6, 6.07) is 5.55. The summed E-state index contributed by atoms with van der Waals surface area (Å²) in [4.78, 5) is 2.47. The molecule has 2 atom stereocenters. The molecule has 0 saturated carbocycles. The molecule has 1 fully saturated rings. The Morgan fingerprint density at radius 3 is 2.85 bits per heavy atom. The largest absolute Gasteiger partial charge is 0.319 e. The van der Waals surface area contributed by atoms with Crippen LogP contribution >= 0.6 is 11.6 Å². The van der Waals surface area contributed by atoms with Crippen LogP contribution in [0.25, 0.3) is 0 Å². The molecular formula is C16H24ClFN2. The highest BCUT2D eigenvalue weighted by Gasteiger charge is 2.30. The quantitative estimate of drug-likeness (QED) is 0.908. The summed E-state index contributed by atoms with van der Waals surface area (Å²) in [5.41, 5.74) is 1.05. The van der Waals surface area contributed by atoms with Crippen molar-refractivity contribution in [2.75, 3.05) is 26.7 Å². The number of hydrogen-bond acceptors (Lipinski definition) is 2. The Hall–Kier alpha value is -0.640. The van der Waals surface area contributed by atoms with Gasteiger partial charge in [-0.2, -0.15) is 0 Å². The summed E-state index contributed by atoms with van der Waals surface area (Å²) in [5.74, 6) is 0.204. The van der Waals surface area contributed by atoms with Gasteiger partial charge in [-0.25, -0.2) is 4.39 Å². The third-order valence-corrected chi connectivity index (χ3v) is 4.57. The van der Waals surface area contributed by atoms with Gasteiger partial charge in [0.1, 0.15) is 5.82 Å². The number of likely N-dealkylation sites (tertiary alicyclic amines) is 1. The maximum Gasteiger partial charge on any atom is 0.142 e. The van der Waals surface area contributed by atoms with E-state index in [-0.39, 0.29) is 16.9 Å². The van der Waals surface area contributed by atoms with E-state index in [0.29, 0.717) is 5.92 Å². The second-order valence-electron chi connectivity index (χ2n) is 5.56. The lowest BCUT2D eigenvalue weighted by Crippen LogP contribution is -2.36. The first kappa shape index (κ1) is 15.7. The predicted molar refractivity (Wildman–Crippen MR) is 82.7 cm³/mol. The zero-order valence-electron chi connectivity index (χ0n) is 12.3. The molecule has 0 aliphatic carbocycles. The molecule has 1 N–H and O–H groups in total. The molecule has 0 radical (unpaired) electrons. The second-order valence-corrected chi connectivity index (χ2v) is 5.97. The van der Waals surface area contributed by atoms with Gasteiger partial charge in [0.15, 0.2) is 0 Å². The number of hydrogen-bond donors (Lipinski definition) is 1. The molecule has 1 aliphatic rings. The predicted octanol–water partition coefficient (Wildman–Crippen LogP) is 3.86. The Kier molecular flexibility index (Phi) is 5.82. The molecule has 1 aliphatic heterocycles. The molecule has 0 aromatic heterocycles. The number of halogens is 2. The Labute approximate surface area is 126 Å². The van der Waals surface area contributed by atoms with Crippen molar-refractivity contribution in [1.82, 2.24) is 10.2 Å². The van der Waals surface area contributed by atoms with Crippen LogP contribution in [0.15, 0.2) is 18.2 Å². The molecule has 4 heteroatoms. The first-order chi connectivity index (χ1) is 9.67. The number of nitrogens with zero attached hydrogens (tertiary/aromatic N) is 1. The molecular weight excluding hydrogens is 275 g/mol. The summed E-state index contributed by atoms with van der Waals surface area (Å²) >= 11 is 5.82. The van der Waals surface area contributed by atoms with Crippen molar-refractivity contribution in [2.45, 2.75) is 32.2 Å². The van der Waals surface area contributed by atoms with Gasteiger partial charge in [-0.3, -0.25) is 4.90 Å².